The molecular formula is C18H30N2. The number of nitrogens with zero attached hydrogens (tertiary/aromatic N) is 1. The van der Waals surface area contributed by atoms with Crippen LogP contribution in [0, 0.1) is 0 Å². The minimum Gasteiger partial charge on any atom is -0.314 e. The second kappa shape index (κ2) is 8.43. The SMILES string of the molecule is CCC(C)N1CCC(NCCCc2ccccc2)CC1. The van der Waals surface area contributed by atoms with Gasteiger partial charge in [0.05, 0.1) is 0 Å². The molecule has 1 aromatic rings. The summed E-state index contributed by atoms with van der Waals surface area (Å²) in [6.45, 7) is 8.34. The summed E-state index contributed by atoms with van der Waals surface area (Å²) in [5.74, 6) is 0. The summed E-state index contributed by atoms with van der Waals surface area (Å²) in [5, 5.41) is 3.74. The molecule has 20 heavy (non-hydrogen) atoms. The summed E-state index contributed by atoms with van der Waals surface area (Å²) < 4.78 is 0. The predicted molar refractivity (Wildman–Crippen MR) is 87.1 cm³/mol. The van der Waals surface area contributed by atoms with Gasteiger partial charge >= 0.3 is 0 Å². The molecule has 1 saturated heterocycles. The first-order chi connectivity index (χ1) is 9.79. The van der Waals surface area contributed by atoms with Crippen LogP contribution in [0.5, 0.6) is 0 Å². The molecule has 1 aromatic carbocycles. The third-order valence-electron chi connectivity index (χ3n) is 4.66. The quantitative estimate of drug-likeness (QED) is 0.766. The maximum absolute atomic E-state index is 3.74. The molecule has 0 spiro atoms. The molecule has 0 aliphatic carbocycles. The molecule has 1 aliphatic rings. The zero-order chi connectivity index (χ0) is 14.2. The largest absolute Gasteiger partial charge is 0.314 e. The summed E-state index contributed by atoms with van der Waals surface area (Å²) in [4.78, 5) is 2.64. The van der Waals surface area contributed by atoms with Crippen molar-refractivity contribution in [3.63, 3.8) is 0 Å². The van der Waals surface area contributed by atoms with E-state index >= 15 is 0 Å². The van der Waals surface area contributed by atoms with E-state index in [-0.39, 0.29) is 0 Å². The lowest BCUT2D eigenvalue weighted by Crippen LogP contribution is -2.45. The Balaban J connectivity index is 1.57. The van der Waals surface area contributed by atoms with Gasteiger partial charge in [0.1, 0.15) is 0 Å². The molecule has 1 aliphatic heterocycles. The molecule has 112 valence electrons. The van der Waals surface area contributed by atoms with Crippen molar-refractivity contribution < 1.29 is 0 Å². The lowest BCUT2D eigenvalue weighted by molar-refractivity contribution is 0.149. The van der Waals surface area contributed by atoms with Crippen molar-refractivity contribution >= 4 is 0 Å². The van der Waals surface area contributed by atoms with E-state index in [1.165, 1.54) is 50.8 Å². The molecule has 0 radical (unpaired) electrons. The summed E-state index contributed by atoms with van der Waals surface area (Å²) >= 11 is 0. The highest BCUT2D eigenvalue weighted by molar-refractivity contribution is 5.14. The van der Waals surface area contributed by atoms with Crippen LogP contribution in [0.25, 0.3) is 0 Å². The molecule has 0 aromatic heterocycles. The highest BCUT2D eigenvalue weighted by Gasteiger charge is 2.21. The lowest BCUT2D eigenvalue weighted by Gasteiger charge is -2.36. The fraction of sp³-hybridized carbons (Fsp3) is 0.667. The van der Waals surface area contributed by atoms with Crippen LogP contribution in [0.3, 0.4) is 0 Å². The van der Waals surface area contributed by atoms with Gasteiger partial charge < -0.3 is 10.2 Å². The minimum atomic E-state index is 0.742. The highest BCUT2D eigenvalue weighted by Crippen LogP contribution is 2.14. The molecule has 0 saturated carbocycles. The van der Waals surface area contributed by atoms with Gasteiger partial charge in [-0.05, 0) is 64.2 Å². The van der Waals surface area contributed by atoms with Crippen molar-refractivity contribution in [3.05, 3.63) is 35.9 Å². The Morgan fingerprint density at radius 3 is 2.55 bits per heavy atom. The van der Waals surface area contributed by atoms with E-state index in [0.29, 0.717) is 0 Å². The molecule has 0 bridgehead atoms. The van der Waals surface area contributed by atoms with Crippen molar-refractivity contribution in [2.45, 2.75) is 58.0 Å². The van der Waals surface area contributed by atoms with Crippen LogP contribution in [0.1, 0.15) is 45.1 Å². The second-order valence-corrected chi connectivity index (χ2v) is 6.11. The Morgan fingerprint density at radius 2 is 1.90 bits per heavy atom. The maximum atomic E-state index is 3.74. The van der Waals surface area contributed by atoms with E-state index in [1.54, 1.807) is 0 Å². The first-order valence-electron chi connectivity index (χ1n) is 8.31. The van der Waals surface area contributed by atoms with Crippen LogP contribution < -0.4 is 5.32 Å². The van der Waals surface area contributed by atoms with Crippen molar-refractivity contribution in [2.75, 3.05) is 19.6 Å². The third-order valence-corrected chi connectivity index (χ3v) is 4.66. The zero-order valence-electron chi connectivity index (χ0n) is 13.1. The Bertz CT molecular complexity index is 355. The molecule has 1 heterocycles. The number of aryl methyl sites for hydroxylation is 1. The molecule has 1 unspecified atom stereocenters. The molecule has 2 rings (SSSR count). The third kappa shape index (κ3) is 4.92. The predicted octanol–water partition coefficient (Wildman–Crippen LogP) is 3.47. The number of benzene rings is 1. The van der Waals surface area contributed by atoms with Gasteiger partial charge in [0, 0.05) is 12.1 Å². The summed E-state index contributed by atoms with van der Waals surface area (Å²) in [7, 11) is 0. The van der Waals surface area contributed by atoms with E-state index in [2.05, 4.69) is 54.4 Å². The fourth-order valence-corrected chi connectivity index (χ4v) is 3.05. The topological polar surface area (TPSA) is 15.3 Å². The van der Waals surface area contributed by atoms with Crippen LogP contribution in [0.15, 0.2) is 30.3 Å². The molecule has 2 heteroatoms. The Labute approximate surface area is 124 Å². The summed E-state index contributed by atoms with van der Waals surface area (Å²) in [6.07, 6.45) is 6.34. The van der Waals surface area contributed by atoms with Crippen molar-refractivity contribution in [1.82, 2.24) is 10.2 Å². The number of hydrogen-bond acceptors (Lipinski definition) is 2. The monoisotopic (exact) mass is 274 g/mol. The van der Waals surface area contributed by atoms with E-state index in [0.717, 1.165) is 18.6 Å². The molecule has 1 N–H and O–H groups in total. The van der Waals surface area contributed by atoms with Crippen LogP contribution in [-0.2, 0) is 6.42 Å². The fourth-order valence-electron chi connectivity index (χ4n) is 3.05. The van der Waals surface area contributed by atoms with Crippen LogP contribution in [0.2, 0.25) is 0 Å². The number of likely N-dealkylation sites (tertiary alicyclic amines) is 1. The Kier molecular flexibility index (Phi) is 6.55. The summed E-state index contributed by atoms with van der Waals surface area (Å²) in [6, 6.07) is 12.3. The van der Waals surface area contributed by atoms with Crippen LogP contribution in [0.4, 0.5) is 0 Å². The van der Waals surface area contributed by atoms with Crippen molar-refractivity contribution in [1.29, 1.82) is 0 Å². The number of piperidine rings is 1. The highest BCUT2D eigenvalue weighted by atomic mass is 15.2. The van der Waals surface area contributed by atoms with E-state index in [1.807, 2.05) is 0 Å². The van der Waals surface area contributed by atoms with Gasteiger partial charge in [-0.2, -0.15) is 0 Å². The van der Waals surface area contributed by atoms with E-state index in [9.17, 15) is 0 Å². The number of nitrogens with one attached hydrogen (secondary N) is 1. The van der Waals surface area contributed by atoms with Crippen LogP contribution >= 0.6 is 0 Å². The van der Waals surface area contributed by atoms with E-state index < -0.39 is 0 Å². The average molecular weight is 274 g/mol. The maximum Gasteiger partial charge on any atom is 0.00914 e. The Morgan fingerprint density at radius 1 is 1.20 bits per heavy atom. The standard InChI is InChI=1S/C18H30N2/c1-3-16(2)20-14-11-18(12-15-20)19-13-7-10-17-8-5-4-6-9-17/h4-6,8-9,16,18-19H,3,7,10-15H2,1-2H3. The number of hydrogen-bond donors (Lipinski definition) is 1. The lowest BCUT2D eigenvalue weighted by atomic mass is 10.0. The van der Waals surface area contributed by atoms with Gasteiger partial charge in [0.25, 0.3) is 0 Å². The average Bonchev–Trinajstić information content (AvgIpc) is 2.52. The minimum absolute atomic E-state index is 0.742. The molecule has 1 atom stereocenters. The van der Waals surface area contributed by atoms with Gasteiger partial charge in [-0.25, -0.2) is 0 Å². The van der Waals surface area contributed by atoms with E-state index in [4.69, 9.17) is 0 Å². The second-order valence-electron chi connectivity index (χ2n) is 6.11. The van der Waals surface area contributed by atoms with Crippen molar-refractivity contribution in [2.24, 2.45) is 0 Å². The smallest absolute Gasteiger partial charge is 0.00914 e. The van der Waals surface area contributed by atoms with Gasteiger partial charge in [0.15, 0.2) is 0 Å². The molecular weight excluding hydrogens is 244 g/mol. The summed E-state index contributed by atoms with van der Waals surface area (Å²) in [5.41, 5.74) is 1.46. The van der Waals surface area contributed by atoms with Crippen molar-refractivity contribution in [3.8, 4) is 0 Å². The molecule has 1 fully saturated rings. The normalized spacial score (nSPS) is 19.1. The van der Waals surface area contributed by atoms with Crippen LogP contribution in [-0.4, -0.2) is 36.6 Å². The van der Waals surface area contributed by atoms with Gasteiger partial charge in [-0.3, -0.25) is 0 Å². The Hall–Kier alpha value is -0.860. The first-order valence-corrected chi connectivity index (χ1v) is 8.31. The zero-order valence-corrected chi connectivity index (χ0v) is 13.1. The molecule has 2 nitrogen and oxygen atoms in total. The van der Waals surface area contributed by atoms with Gasteiger partial charge in [0.2, 0.25) is 0 Å². The van der Waals surface area contributed by atoms with Gasteiger partial charge in [-0.15, -0.1) is 0 Å². The first kappa shape index (κ1) is 15.5. The number of rotatable bonds is 7. The molecule has 0 amide bonds. The van der Waals surface area contributed by atoms with Gasteiger partial charge in [-0.1, -0.05) is 37.3 Å².